The Morgan fingerprint density at radius 2 is 1.93 bits per heavy atom. The third-order valence-corrected chi connectivity index (χ3v) is 2.29. The molecule has 0 spiro atoms. The van der Waals surface area contributed by atoms with Gasteiger partial charge in [-0.15, -0.1) is 0 Å². The minimum absolute atomic E-state index is 0.0827. The molecule has 0 aromatic heterocycles. The van der Waals surface area contributed by atoms with Crippen LogP contribution in [-0.2, 0) is 9.59 Å². The third-order valence-electron chi connectivity index (χ3n) is 1.78. The molecule has 0 saturated carbocycles. The molecule has 1 amide bonds. The normalized spacial score (nSPS) is 11.6. The highest BCUT2D eigenvalue weighted by Crippen LogP contribution is 2.16. The van der Waals surface area contributed by atoms with Crippen LogP contribution in [0.2, 0.25) is 0 Å². The van der Waals surface area contributed by atoms with E-state index in [1.165, 1.54) is 0 Å². The largest absolute Gasteiger partial charge is 0.350 e. The summed E-state index contributed by atoms with van der Waals surface area (Å²) < 4.78 is 23.6. The maximum Gasteiger partial charge on any atom is 0.315 e. The van der Waals surface area contributed by atoms with Crippen LogP contribution in [0, 0.1) is 5.41 Å². The van der Waals surface area contributed by atoms with E-state index in [0.717, 1.165) is 0 Å². The van der Waals surface area contributed by atoms with E-state index in [2.05, 4.69) is 15.9 Å². The Bertz CT molecular complexity index is 231. The number of ketones is 1. The van der Waals surface area contributed by atoms with Crippen LogP contribution < -0.4 is 5.32 Å². The van der Waals surface area contributed by atoms with E-state index in [1.54, 1.807) is 13.8 Å². The molecule has 0 unspecified atom stereocenters. The Hall–Kier alpha value is -0.520. The van der Waals surface area contributed by atoms with Gasteiger partial charge in [0, 0.05) is 12.0 Å². The van der Waals surface area contributed by atoms with Crippen LogP contribution in [0.4, 0.5) is 8.78 Å². The van der Waals surface area contributed by atoms with Gasteiger partial charge in [0.2, 0.25) is 0 Å². The second kappa shape index (κ2) is 5.38. The quantitative estimate of drug-likeness (QED) is 0.768. The van der Waals surface area contributed by atoms with Crippen LogP contribution in [0.1, 0.15) is 13.8 Å². The molecule has 0 heterocycles. The first-order valence-corrected chi connectivity index (χ1v) is 5.08. The van der Waals surface area contributed by atoms with Gasteiger partial charge in [0.25, 0.3) is 5.91 Å². The molecule has 0 aliphatic carbocycles. The first-order chi connectivity index (χ1) is 6.31. The molecule has 0 atom stereocenters. The Labute approximate surface area is 89.4 Å². The van der Waals surface area contributed by atoms with Gasteiger partial charge in [-0.3, -0.25) is 9.59 Å². The van der Waals surface area contributed by atoms with E-state index in [1.807, 2.05) is 5.32 Å². The fourth-order valence-corrected chi connectivity index (χ4v) is 1.42. The van der Waals surface area contributed by atoms with Crippen LogP contribution in [0.15, 0.2) is 0 Å². The number of carbonyl (C=O) groups is 2. The fraction of sp³-hybridized carbons (Fsp3) is 0.750. The van der Waals surface area contributed by atoms with Crippen molar-refractivity contribution in [1.82, 2.24) is 5.32 Å². The van der Waals surface area contributed by atoms with Crippen molar-refractivity contribution < 1.29 is 18.4 Å². The Balaban J connectivity index is 4.12. The number of nitrogens with one attached hydrogen (secondary N) is 1. The summed E-state index contributed by atoms with van der Waals surface area (Å²) in [7, 11) is 0. The first-order valence-electron chi connectivity index (χ1n) is 3.96. The van der Waals surface area contributed by atoms with Crippen molar-refractivity contribution in [2.24, 2.45) is 5.41 Å². The second-order valence-electron chi connectivity index (χ2n) is 3.46. The van der Waals surface area contributed by atoms with E-state index >= 15 is 0 Å². The zero-order valence-electron chi connectivity index (χ0n) is 7.94. The number of Topliss-reactive ketones (excluding diaryl/α,β-unsaturated/α-hetero) is 1. The molecule has 3 nitrogen and oxygen atoms in total. The average molecular weight is 272 g/mol. The molecule has 0 aliphatic heterocycles. The van der Waals surface area contributed by atoms with Crippen LogP contribution in [0.5, 0.6) is 0 Å². The predicted octanol–water partition coefficient (Wildman–Crippen LogP) is 1.36. The highest BCUT2D eigenvalue weighted by atomic mass is 79.9. The smallest absolute Gasteiger partial charge is 0.315 e. The average Bonchev–Trinajstić information content (AvgIpc) is 2.12. The summed E-state index contributed by atoms with van der Waals surface area (Å²) >= 11 is 2.98. The molecule has 0 saturated heterocycles. The molecule has 1 N–H and O–H groups in total. The molecule has 82 valence electrons. The maximum atomic E-state index is 11.8. The molecule has 0 bridgehead atoms. The summed E-state index contributed by atoms with van der Waals surface area (Å²) in [4.78, 5) is 21.7. The predicted molar refractivity (Wildman–Crippen MR) is 51.6 cm³/mol. The van der Waals surface area contributed by atoms with E-state index in [0.29, 0.717) is 0 Å². The van der Waals surface area contributed by atoms with Crippen molar-refractivity contribution in [3.63, 3.8) is 0 Å². The molecule has 0 fully saturated rings. The Kier molecular flexibility index (Phi) is 5.18. The van der Waals surface area contributed by atoms with Crippen molar-refractivity contribution >= 4 is 27.6 Å². The molecule has 0 rings (SSSR count). The number of amides is 1. The molecule has 0 aliphatic rings. The molecule has 14 heavy (non-hydrogen) atoms. The van der Waals surface area contributed by atoms with Gasteiger partial charge in [-0.2, -0.15) is 8.78 Å². The summed E-state index contributed by atoms with van der Waals surface area (Å²) in [6.07, 6.45) is -3.04. The Morgan fingerprint density at radius 3 is 2.29 bits per heavy atom. The van der Waals surface area contributed by atoms with Crippen molar-refractivity contribution in [3.05, 3.63) is 0 Å². The summed E-state index contributed by atoms with van der Waals surface area (Å²) in [5.41, 5.74) is -0.825. The van der Waals surface area contributed by atoms with Crippen molar-refractivity contribution in [2.45, 2.75) is 20.3 Å². The van der Waals surface area contributed by atoms with Crippen LogP contribution in [0.3, 0.4) is 0 Å². The van der Waals surface area contributed by atoms with E-state index in [-0.39, 0.29) is 17.7 Å². The number of rotatable bonds is 5. The van der Waals surface area contributed by atoms with Gasteiger partial charge in [0.1, 0.15) is 0 Å². The standard InChI is InChI=1S/C8H12BrF2NO2/c1-8(2,5(13)3-9)4-12-7(14)6(10)11/h6H,3-4H2,1-2H3,(H,12,14). The molecular weight excluding hydrogens is 260 g/mol. The van der Waals surface area contributed by atoms with Crippen molar-refractivity contribution in [2.75, 3.05) is 11.9 Å². The lowest BCUT2D eigenvalue weighted by Gasteiger charge is -2.22. The lowest BCUT2D eigenvalue weighted by Crippen LogP contribution is -2.41. The van der Waals surface area contributed by atoms with Gasteiger partial charge in [-0.05, 0) is 0 Å². The van der Waals surface area contributed by atoms with Gasteiger partial charge < -0.3 is 5.32 Å². The van der Waals surface area contributed by atoms with E-state index < -0.39 is 17.7 Å². The topological polar surface area (TPSA) is 46.2 Å². The van der Waals surface area contributed by atoms with Crippen LogP contribution in [-0.4, -0.2) is 30.0 Å². The SMILES string of the molecule is CC(C)(CNC(=O)C(F)F)C(=O)CBr. The zero-order chi connectivity index (χ0) is 11.4. The van der Waals surface area contributed by atoms with Crippen molar-refractivity contribution in [3.8, 4) is 0 Å². The highest BCUT2D eigenvalue weighted by molar-refractivity contribution is 9.09. The number of hydrogen-bond donors (Lipinski definition) is 1. The molecular formula is C8H12BrF2NO2. The maximum absolute atomic E-state index is 11.8. The molecule has 0 aromatic carbocycles. The second-order valence-corrected chi connectivity index (χ2v) is 4.02. The fourth-order valence-electron chi connectivity index (χ4n) is 0.665. The summed E-state index contributed by atoms with van der Waals surface area (Å²) in [6.45, 7) is 3.09. The highest BCUT2D eigenvalue weighted by Gasteiger charge is 2.28. The monoisotopic (exact) mass is 271 g/mol. The van der Waals surface area contributed by atoms with Gasteiger partial charge in [0.15, 0.2) is 5.78 Å². The number of carbonyl (C=O) groups excluding carboxylic acids is 2. The van der Waals surface area contributed by atoms with Crippen molar-refractivity contribution in [1.29, 1.82) is 0 Å². The molecule has 6 heteroatoms. The van der Waals surface area contributed by atoms with Gasteiger partial charge in [-0.1, -0.05) is 29.8 Å². The molecule has 0 aromatic rings. The minimum atomic E-state index is -3.04. The number of alkyl halides is 3. The summed E-state index contributed by atoms with van der Waals surface area (Å²) in [5, 5.41) is 2.15. The summed E-state index contributed by atoms with van der Waals surface area (Å²) in [6, 6.07) is 0. The number of hydrogen-bond acceptors (Lipinski definition) is 2. The van der Waals surface area contributed by atoms with Crippen LogP contribution >= 0.6 is 15.9 Å². The lowest BCUT2D eigenvalue weighted by atomic mass is 9.89. The number of halogens is 3. The van der Waals surface area contributed by atoms with Gasteiger partial charge in [0.05, 0.1) is 5.33 Å². The zero-order valence-corrected chi connectivity index (χ0v) is 9.53. The summed E-state index contributed by atoms with van der Waals surface area (Å²) in [5.74, 6) is -1.49. The van der Waals surface area contributed by atoms with E-state index in [9.17, 15) is 18.4 Å². The van der Waals surface area contributed by atoms with Crippen LogP contribution in [0.25, 0.3) is 0 Å². The minimum Gasteiger partial charge on any atom is -0.350 e. The van der Waals surface area contributed by atoms with Gasteiger partial charge in [-0.25, -0.2) is 0 Å². The first kappa shape index (κ1) is 13.5. The van der Waals surface area contributed by atoms with E-state index in [4.69, 9.17) is 0 Å². The van der Waals surface area contributed by atoms with Gasteiger partial charge >= 0.3 is 6.43 Å². The third kappa shape index (κ3) is 4.13. The lowest BCUT2D eigenvalue weighted by molar-refractivity contribution is -0.133. The molecule has 0 radical (unpaired) electrons. The Morgan fingerprint density at radius 1 is 1.43 bits per heavy atom.